The molecule has 0 bridgehead atoms. The SMILES string of the molecule is Cc1ccc(C(=O)N2CCCC(C(=O)NNC(=O)c3ccc(Cl)cc3)C2)cc1. The highest BCUT2D eigenvalue weighted by Gasteiger charge is 2.29. The van der Waals surface area contributed by atoms with E-state index in [0.29, 0.717) is 35.7 Å². The Labute approximate surface area is 168 Å². The van der Waals surface area contributed by atoms with E-state index in [1.54, 1.807) is 41.3 Å². The van der Waals surface area contributed by atoms with Crippen LogP contribution in [0.5, 0.6) is 0 Å². The van der Waals surface area contributed by atoms with Crippen molar-refractivity contribution < 1.29 is 14.4 Å². The second-order valence-corrected chi connectivity index (χ2v) is 7.34. The standard InChI is InChI=1S/C21H22ClN3O3/c1-14-4-6-16(7-5-14)21(28)25-12-2-3-17(13-25)20(27)24-23-19(26)15-8-10-18(22)11-9-15/h4-11,17H,2-3,12-13H2,1H3,(H,23,26)(H,24,27). The van der Waals surface area contributed by atoms with Crippen molar-refractivity contribution in [3.05, 3.63) is 70.2 Å². The Morgan fingerprint density at radius 2 is 1.61 bits per heavy atom. The minimum Gasteiger partial charge on any atom is -0.338 e. The van der Waals surface area contributed by atoms with Crippen molar-refractivity contribution in [1.29, 1.82) is 0 Å². The summed E-state index contributed by atoms with van der Waals surface area (Å²) in [5.41, 5.74) is 6.97. The summed E-state index contributed by atoms with van der Waals surface area (Å²) in [6, 6.07) is 13.8. The third kappa shape index (κ3) is 4.89. The molecule has 1 saturated heterocycles. The Morgan fingerprint density at radius 1 is 0.964 bits per heavy atom. The number of nitrogens with one attached hydrogen (secondary N) is 2. The number of nitrogens with zero attached hydrogens (tertiary/aromatic N) is 1. The highest BCUT2D eigenvalue weighted by Crippen LogP contribution is 2.19. The Bertz CT molecular complexity index is 865. The second kappa shape index (κ2) is 8.89. The van der Waals surface area contributed by atoms with E-state index in [9.17, 15) is 14.4 Å². The zero-order valence-corrected chi connectivity index (χ0v) is 16.3. The van der Waals surface area contributed by atoms with Gasteiger partial charge in [-0.15, -0.1) is 0 Å². The predicted octanol–water partition coefficient (Wildman–Crippen LogP) is 2.96. The van der Waals surface area contributed by atoms with Crippen LogP contribution in [-0.4, -0.2) is 35.7 Å². The number of amides is 3. The summed E-state index contributed by atoms with van der Waals surface area (Å²) in [4.78, 5) is 38.9. The predicted molar refractivity (Wildman–Crippen MR) is 107 cm³/mol. The summed E-state index contributed by atoms with van der Waals surface area (Å²) in [6.45, 7) is 2.91. The summed E-state index contributed by atoms with van der Waals surface area (Å²) < 4.78 is 0. The number of carbonyl (C=O) groups is 3. The molecule has 7 heteroatoms. The zero-order valence-electron chi connectivity index (χ0n) is 15.6. The molecule has 1 fully saturated rings. The highest BCUT2D eigenvalue weighted by molar-refractivity contribution is 6.30. The molecule has 2 aromatic carbocycles. The van der Waals surface area contributed by atoms with Gasteiger partial charge in [0.05, 0.1) is 5.92 Å². The first-order valence-electron chi connectivity index (χ1n) is 9.16. The van der Waals surface area contributed by atoms with Crippen LogP contribution in [0, 0.1) is 12.8 Å². The van der Waals surface area contributed by atoms with Crippen LogP contribution in [0.3, 0.4) is 0 Å². The van der Waals surface area contributed by atoms with Gasteiger partial charge in [0.25, 0.3) is 11.8 Å². The number of likely N-dealkylation sites (tertiary alicyclic amines) is 1. The Hall–Kier alpha value is -2.86. The summed E-state index contributed by atoms with van der Waals surface area (Å²) in [6.07, 6.45) is 1.40. The van der Waals surface area contributed by atoms with Gasteiger partial charge in [-0.1, -0.05) is 29.3 Å². The number of halogens is 1. The van der Waals surface area contributed by atoms with E-state index in [2.05, 4.69) is 10.9 Å². The van der Waals surface area contributed by atoms with Gasteiger partial charge in [0.1, 0.15) is 0 Å². The number of rotatable bonds is 3. The van der Waals surface area contributed by atoms with Crippen LogP contribution < -0.4 is 10.9 Å². The first-order chi connectivity index (χ1) is 13.4. The van der Waals surface area contributed by atoms with Crippen LogP contribution in [0.2, 0.25) is 5.02 Å². The first-order valence-corrected chi connectivity index (χ1v) is 9.53. The maximum Gasteiger partial charge on any atom is 0.269 e. The summed E-state index contributed by atoms with van der Waals surface area (Å²) >= 11 is 5.80. The third-order valence-electron chi connectivity index (χ3n) is 4.78. The number of hydrogen-bond donors (Lipinski definition) is 2. The molecule has 0 radical (unpaired) electrons. The van der Waals surface area contributed by atoms with Crippen molar-refractivity contribution in [2.24, 2.45) is 5.92 Å². The maximum absolute atomic E-state index is 12.7. The molecule has 2 aromatic rings. The molecule has 28 heavy (non-hydrogen) atoms. The van der Waals surface area contributed by atoms with Gasteiger partial charge in [0, 0.05) is 29.2 Å². The third-order valence-corrected chi connectivity index (χ3v) is 5.04. The molecule has 1 atom stereocenters. The minimum absolute atomic E-state index is 0.0808. The summed E-state index contributed by atoms with van der Waals surface area (Å²) in [7, 11) is 0. The van der Waals surface area contributed by atoms with Crippen LogP contribution in [0.4, 0.5) is 0 Å². The van der Waals surface area contributed by atoms with Gasteiger partial charge in [-0.25, -0.2) is 0 Å². The van der Waals surface area contributed by atoms with Gasteiger partial charge < -0.3 is 4.90 Å². The number of hydrazine groups is 1. The Balaban J connectivity index is 1.55. The minimum atomic E-state index is -0.423. The molecule has 1 unspecified atom stereocenters. The quantitative estimate of drug-likeness (QED) is 0.779. The van der Waals surface area contributed by atoms with Crippen molar-refractivity contribution in [1.82, 2.24) is 15.8 Å². The van der Waals surface area contributed by atoms with Crippen molar-refractivity contribution in [2.45, 2.75) is 19.8 Å². The van der Waals surface area contributed by atoms with E-state index in [4.69, 9.17) is 11.6 Å². The number of piperidine rings is 1. The first kappa shape index (κ1) is 19.9. The molecule has 1 aliphatic rings. The van der Waals surface area contributed by atoms with E-state index in [-0.39, 0.29) is 17.7 Å². The molecular weight excluding hydrogens is 378 g/mol. The van der Waals surface area contributed by atoms with Gasteiger partial charge in [-0.3, -0.25) is 25.2 Å². The van der Waals surface area contributed by atoms with Crippen molar-refractivity contribution in [3.8, 4) is 0 Å². The molecule has 0 spiro atoms. The van der Waals surface area contributed by atoms with Crippen molar-refractivity contribution in [3.63, 3.8) is 0 Å². The molecule has 0 saturated carbocycles. The summed E-state index contributed by atoms with van der Waals surface area (Å²) in [5.74, 6) is -1.17. The van der Waals surface area contributed by atoms with E-state index in [0.717, 1.165) is 12.0 Å². The van der Waals surface area contributed by atoms with Crippen molar-refractivity contribution in [2.75, 3.05) is 13.1 Å². The van der Waals surface area contributed by atoms with Crippen LogP contribution in [0.1, 0.15) is 39.1 Å². The molecule has 2 N–H and O–H groups in total. The van der Waals surface area contributed by atoms with Gasteiger partial charge in [-0.2, -0.15) is 0 Å². The van der Waals surface area contributed by atoms with Gasteiger partial charge in [-0.05, 0) is 56.2 Å². The molecule has 6 nitrogen and oxygen atoms in total. The molecule has 3 rings (SSSR count). The number of carbonyl (C=O) groups excluding carboxylic acids is 3. The van der Waals surface area contributed by atoms with E-state index >= 15 is 0 Å². The molecular formula is C21H22ClN3O3. The van der Waals surface area contributed by atoms with Crippen molar-refractivity contribution >= 4 is 29.3 Å². The summed E-state index contributed by atoms with van der Waals surface area (Å²) in [5, 5.41) is 0.529. The fourth-order valence-corrected chi connectivity index (χ4v) is 3.27. The largest absolute Gasteiger partial charge is 0.338 e. The molecule has 1 aliphatic heterocycles. The number of benzene rings is 2. The smallest absolute Gasteiger partial charge is 0.269 e. The van der Waals surface area contributed by atoms with E-state index < -0.39 is 5.91 Å². The monoisotopic (exact) mass is 399 g/mol. The van der Waals surface area contributed by atoms with Crippen LogP contribution >= 0.6 is 11.6 Å². The highest BCUT2D eigenvalue weighted by atomic mass is 35.5. The maximum atomic E-state index is 12.7. The van der Waals surface area contributed by atoms with Gasteiger partial charge in [0.2, 0.25) is 5.91 Å². The zero-order chi connectivity index (χ0) is 20.1. The molecule has 0 aromatic heterocycles. The average Bonchev–Trinajstić information content (AvgIpc) is 2.72. The average molecular weight is 400 g/mol. The van der Waals surface area contributed by atoms with Gasteiger partial charge in [0.15, 0.2) is 0 Å². The topological polar surface area (TPSA) is 78.5 Å². The Kier molecular flexibility index (Phi) is 6.31. The van der Waals surface area contributed by atoms with Crippen LogP contribution in [-0.2, 0) is 4.79 Å². The van der Waals surface area contributed by atoms with Crippen LogP contribution in [0.25, 0.3) is 0 Å². The molecule has 146 valence electrons. The lowest BCUT2D eigenvalue weighted by molar-refractivity contribution is -0.127. The lowest BCUT2D eigenvalue weighted by atomic mass is 9.96. The van der Waals surface area contributed by atoms with E-state index in [1.165, 1.54) is 0 Å². The van der Waals surface area contributed by atoms with Gasteiger partial charge >= 0.3 is 0 Å². The molecule has 0 aliphatic carbocycles. The fraction of sp³-hybridized carbons (Fsp3) is 0.286. The lowest BCUT2D eigenvalue weighted by Gasteiger charge is -2.32. The number of aryl methyl sites for hydroxylation is 1. The van der Waals surface area contributed by atoms with E-state index in [1.807, 2.05) is 19.1 Å². The van der Waals surface area contributed by atoms with Crippen LogP contribution in [0.15, 0.2) is 48.5 Å². The molecule has 3 amide bonds. The molecule has 1 heterocycles. The fourth-order valence-electron chi connectivity index (χ4n) is 3.15. The number of hydrogen-bond acceptors (Lipinski definition) is 3. The normalized spacial score (nSPS) is 16.4. The Morgan fingerprint density at radius 3 is 2.29 bits per heavy atom. The lowest BCUT2D eigenvalue weighted by Crippen LogP contribution is -2.50. The second-order valence-electron chi connectivity index (χ2n) is 6.91.